The molecule has 2 N–H and O–H groups in total. The van der Waals surface area contributed by atoms with E-state index in [2.05, 4.69) is 10.4 Å². The van der Waals surface area contributed by atoms with E-state index in [1.807, 2.05) is 0 Å². The summed E-state index contributed by atoms with van der Waals surface area (Å²) in [6, 6.07) is 8.26. The third kappa shape index (κ3) is 4.04. The van der Waals surface area contributed by atoms with Crippen molar-refractivity contribution in [2.24, 2.45) is 0 Å². The molecule has 0 saturated heterocycles. The Kier molecular flexibility index (Phi) is 4.50. The molecule has 1 unspecified atom stereocenters. The molecule has 0 aliphatic heterocycles. The lowest BCUT2D eigenvalue weighted by Crippen LogP contribution is -2.23. The van der Waals surface area contributed by atoms with E-state index in [0.717, 1.165) is 6.08 Å². The van der Waals surface area contributed by atoms with Gasteiger partial charge in [0, 0.05) is 24.2 Å². The molecule has 0 saturated carbocycles. The summed E-state index contributed by atoms with van der Waals surface area (Å²) in [7, 11) is 0. The van der Waals surface area contributed by atoms with E-state index in [-0.39, 0.29) is 5.91 Å². The third-order valence-electron chi connectivity index (χ3n) is 2.87. The molecule has 0 radical (unpaired) electrons. The second-order valence-electron chi connectivity index (χ2n) is 4.45. The number of hydrogen-bond acceptors (Lipinski definition) is 3. The molecule has 0 aliphatic rings. The maximum Gasteiger partial charge on any atom is 0.328 e. The molecule has 1 aromatic carbocycles. The van der Waals surface area contributed by atoms with Crippen molar-refractivity contribution in [2.75, 3.05) is 5.32 Å². The molecule has 2 rings (SSSR count). The fourth-order valence-electron chi connectivity index (χ4n) is 1.76. The fourth-order valence-corrected chi connectivity index (χ4v) is 1.76. The standard InChI is InChI=1S/C15H15N3O3/c1-11(18-9-3-8-16-18)15(21)17-13-5-2-4-12(10-13)6-7-14(19)20/h2-11H,1H3,(H,17,21)(H,19,20)/b7-6+. The molecule has 6 nitrogen and oxygen atoms in total. The minimum atomic E-state index is -1.02. The van der Waals surface area contributed by atoms with Crippen LogP contribution in [0.25, 0.3) is 6.08 Å². The summed E-state index contributed by atoms with van der Waals surface area (Å²) in [6.07, 6.45) is 5.85. The van der Waals surface area contributed by atoms with Crippen LogP contribution in [0.1, 0.15) is 18.5 Å². The molecular formula is C15H15N3O3. The minimum absolute atomic E-state index is 0.196. The van der Waals surface area contributed by atoms with Gasteiger partial charge in [0.1, 0.15) is 6.04 Å². The van der Waals surface area contributed by atoms with Crippen molar-refractivity contribution in [1.82, 2.24) is 9.78 Å². The Labute approximate surface area is 121 Å². The first kappa shape index (κ1) is 14.5. The van der Waals surface area contributed by atoms with Gasteiger partial charge in [-0.25, -0.2) is 4.79 Å². The van der Waals surface area contributed by atoms with Crippen LogP contribution in [0.3, 0.4) is 0 Å². The van der Waals surface area contributed by atoms with Gasteiger partial charge in [0.25, 0.3) is 0 Å². The number of carboxylic acid groups (broad SMARTS) is 1. The van der Waals surface area contributed by atoms with Crippen LogP contribution >= 0.6 is 0 Å². The van der Waals surface area contributed by atoms with E-state index in [4.69, 9.17) is 5.11 Å². The number of amides is 1. The Morgan fingerprint density at radius 3 is 2.86 bits per heavy atom. The summed E-state index contributed by atoms with van der Waals surface area (Å²) in [5.74, 6) is -1.21. The first-order chi connectivity index (χ1) is 10.1. The number of anilines is 1. The van der Waals surface area contributed by atoms with Crippen LogP contribution in [-0.4, -0.2) is 26.8 Å². The maximum absolute atomic E-state index is 12.1. The Balaban J connectivity index is 2.07. The fraction of sp³-hybridized carbons (Fsp3) is 0.133. The SMILES string of the molecule is CC(C(=O)Nc1cccc(/C=C/C(=O)O)c1)n1cccn1. The number of benzene rings is 1. The van der Waals surface area contributed by atoms with Crippen LogP contribution in [0.15, 0.2) is 48.8 Å². The molecule has 108 valence electrons. The molecule has 0 spiro atoms. The number of nitrogens with one attached hydrogen (secondary N) is 1. The number of aromatic nitrogens is 2. The van der Waals surface area contributed by atoms with Gasteiger partial charge in [-0.05, 0) is 36.8 Å². The summed E-state index contributed by atoms with van der Waals surface area (Å²) in [5.41, 5.74) is 1.30. The molecule has 1 amide bonds. The monoisotopic (exact) mass is 285 g/mol. The van der Waals surface area contributed by atoms with Gasteiger partial charge in [0.05, 0.1) is 0 Å². The predicted molar refractivity (Wildman–Crippen MR) is 78.7 cm³/mol. The van der Waals surface area contributed by atoms with Crippen molar-refractivity contribution >= 4 is 23.6 Å². The number of hydrogen-bond donors (Lipinski definition) is 2. The summed E-state index contributed by atoms with van der Waals surface area (Å²) in [4.78, 5) is 22.6. The summed E-state index contributed by atoms with van der Waals surface area (Å²) in [6.45, 7) is 1.75. The van der Waals surface area contributed by atoms with Crippen molar-refractivity contribution in [3.63, 3.8) is 0 Å². The van der Waals surface area contributed by atoms with Crippen molar-refractivity contribution in [1.29, 1.82) is 0 Å². The van der Waals surface area contributed by atoms with Gasteiger partial charge in [-0.1, -0.05) is 12.1 Å². The molecule has 2 aromatic rings. The number of carboxylic acids is 1. The molecular weight excluding hydrogens is 270 g/mol. The zero-order valence-electron chi connectivity index (χ0n) is 11.4. The van der Waals surface area contributed by atoms with Crippen LogP contribution in [0.5, 0.6) is 0 Å². The highest BCUT2D eigenvalue weighted by Gasteiger charge is 2.14. The van der Waals surface area contributed by atoms with E-state index in [1.54, 1.807) is 54.3 Å². The zero-order valence-corrected chi connectivity index (χ0v) is 11.4. The van der Waals surface area contributed by atoms with Crippen molar-refractivity contribution in [3.05, 3.63) is 54.4 Å². The first-order valence-corrected chi connectivity index (χ1v) is 6.37. The lowest BCUT2D eigenvalue weighted by Gasteiger charge is -2.12. The van der Waals surface area contributed by atoms with Gasteiger partial charge in [0.2, 0.25) is 5.91 Å². The molecule has 21 heavy (non-hydrogen) atoms. The largest absolute Gasteiger partial charge is 0.478 e. The van der Waals surface area contributed by atoms with Crippen molar-refractivity contribution in [3.8, 4) is 0 Å². The molecule has 1 heterocycles. The Morgan fingerprint density at radius 2 is 2.19 bits per heavy atom. The van der Waals surface area contributed by atoms with Crippen LogP contribution in [0, 0.1) is 0 Å². The van der Waals surface area contributed by atoms with Crippen LogP contribution in [0.4, 0.5) is 5.69 Å². The van der Waals surface area contributed by atoms with E-state index in [9.17, 15) is 9.59 Å². The second-order valence-corrected chi connectivity index (χ2v) is 4.45. The Morgan fingerprint density at radius 1 is 1.38 bits per heavy atom. The first-order valence-electron chi connectivity index (χ1n) is 6.37. The average molecular weight is 285 g/mol. The van der Waals surface area contributed by atoms with Gasteiger partial charge in [-0.3, -0.25) is 9.48 Å². The van der Waals surface area contributed by atoms with Crippen LogP contribution in [-0.2, 0) is 9.59 Å². The molecule has 0 aliphatic carbocycles. The van der Waals surface area contributed by atoms with Crippen LogP contribution in [0.2, 0.25) is 0 Å². The Bertz CT molecular complexity index is 663. The van der Waals surface area contributed by atoms with Crippen molar-refractivity contribution < 1.29 is 14.7 Å². The van der Waals surface area contributed by atoms with E-state index in [1.165, 1.54) is 6.08 Å². The zero-order chi connectivity index (χ0) is 15.2. The van der Waals surface area contributed by atoms with Gasteiger partial charge < -0.3 is 10.4 Å². The van der Waals surface area contributed by atoms with Gasteiger partial charge in [-0.2, -0.15) is 5.10 Å². The predicted octanol–water partition coefficient (Wildman–Crippen LogP) is 2.18. The quantitative estimate of drug-likeness (QED) is 0.825. The number of carbonyl (C=O) groups excluding carboxylic acids is 1. The number of nitrogens with zero attached hydrogens (tertiary/aromatic N) is 2. The topological polar surface area (TPSA) is 84.2 Å². The maximum atomic E-state index is 12.1. The smallest absolute Gasteiger partial charge is 0.328 e. The normalized spacial score (nSPS) is 12.2. The summed E-state index contributed by atoms with van der Waals surface area (Å²) in [5, 5.41) is 15.4. The Hall–Kier alpha value is -2.89. The van der Waals surface area contributed by atoms with E-state index in [0.29, 0.717) is 11.3 Å². The molecule has 0 fully saturated rings. The molecule has 1 atom stereocenters. The highest BCUT2D eigenvalue weighted by Crippen LogP contribution is 2.14. The van der Waals surface area contributed by atoms with Crippen LogP contribution < -0.4 is 5.32 Å². The van der Waals surface area contributed by atoms with Gasteiger partial charge >= 0.3 is 5.97 Å². The number of rotatable bonds is 5. The number of carbonyl (C=O) groups is 2. The lowest BCUT2D eigenvalue weighted by molar-refractivity contribution is -0.131. The van der Waals surface area contributed by atoms with Crippen molar-refractivity contribution in [2.45, 2.75) is 13.0 Å². The highest BCUT2D eigenvalue weighted by atomic mass is 16.4. The minimum Gasteiger partial charge on any atom is -0.478 e. The van der Waals surface area contributed by atoms with E-state index < -0.39 is 12.0 Å². The lowest BCUT2D eigenvalue weighted by atomic mass is 10.2. The molecule has 0 bridgehead atoms. The number of aliphatic carboxylic acids is 1. The van der Waals surface area contributed by atoms with E-state index >= 15 is 0 Å². The van der Waals surface area contributed by atoms with Gasteiger partial charge in [-0.15, -0.1) is 0 Å². The van der Waals surface area contributed by atoms with Gasteiger partial charge in [0.15, 0.2) is 0 Å². The highest BCUT2D eigenvalue weighted by molar-refractivity contribution is 5.93. The summed E-state index contributed by atoms with van der Waals surface area (Å²) < 4.78 is 1.56. The third-order valence-corrected chi connectivity index (χ3v) is 2.87. The second kappa shape index (κ2) is 6.51. The average Bonchev–Trinajstić information content (AvgIpc) is 2.98. The summed E-state index contributed by atoms with van der Waals surface area (Å²) >= 11 is 0. The molecule has 1 aromatic heterocycles. The molecule has 6 heteroatoms.